The molecule has 2 heterocycles. The molecule has 1 aliphatic heterocycles. The number of benzene rings is 1. The number of allylic oxidation sites excluding steroid dienone is 1. The van der Waals surface area contributed by atoms with E-state index in [1.165, 1.54) is 6.08 Å². The maximum Gasteiger partial charge on any atom is 0.257 e. The van der Waals surface area contributed by atoms with Crippen molar-refractivity contribution in [3.63, 3.8) is 0 Å². The van der Waals surface area contributed by atoms with Crippen molar-refractivity contribution in [3.05, 3.63) is 48.0 Å². The number of nitrogen functional groups attached to an aromatic ring is 1. The molecule has 3 aliphatic rings. The summed E-state index contributed by atoms with van der Waals surface area (Å²) in [6.45, 7) is 5.55. The maximum atomic E-state index is 12.6. The summed E-state index contributed by atoms with van der Waals surface area (Å²) >= 11 is 0. The molecule has 1 amide bonds. The fourth-order valence-corrected chi connectivity index (χ4v) is 5.42. The van der Waals surface area contributed by atoms with E-state index >= 15 is 0 Å². The monoisotopic (exact) mass is 451 g/mol. The standard InChI is InChI=1S/C22H29N5O2.C3H4O/c1-24-20(29)17-18(14-3-5-15(6-4-14)22(13-28)7-8-22)25-27(19(17)23)16-9-21(10-16)11-26(2)12-21;1-2-3-4/h3-6,16,28H,7-13,23H2,1-2H3,(H,24,29);2-3H,1H2. The molecule has 0 atom stereocenters. The van der Waals surface area contributed by atoms with Gasteiger partial charge in [-0.15, -0.1) is 0 Å². The Balaban J connectivity index is 0.000000601. The van der Waals surface area contributed by atoms with Crippen LogP contribution >= 0.6 is 0 Å². The van der Waals surface area contributed by atoms with E-state index in [1.54, 1.807) is 7.05 Å². The molecule has 0 radical (unpaired) electrons. The highest BCUT2D eigenvalue weighted by Gasteiger charge is 2.52. The van der Waals surface area contributed by atoms with Crippen LogP contribution in [-0.2, 0) is 10.2 Å². The van der Waals surface area contributed by atoms with Crippen molar-refractivity contribution in [2.45, 2.75) is 37.1 Å². The molecule has 2 aliphatic carbocycles. The van der Waals surface area contributed by atoms with Crippen LogP contribution in [0.1, 0.15) is 47.6 Å². The Bertz CT molecular complexity index is 1030. The molecule has 0 unspecified atom stereocenters. The Morgan fingerprint density at radius 2 is 1.91 bits per heavy atom. The molecule has 1 aromatic carbocycles. The van der Waals surface area contributed by atoms with Crippen LogP contribution in [0.3, 0.4) is 0 Å². The molecule has 176 valence electrons. The van der Waals surface area contributed by atoms with Crippen molar-refractivity contribution in [3.8, 4) is 11.3 Å². The van der Waals surface area contributed by atoms with Crippen LogP contribution in [0.2, 0.25) is 0 Å². The molecule has 2 saturated carbocycles. The number of anilines is 1. The van der Waals surface area contributed by atoms with Gasteiger partial charge >= 0.3 is 0 Å². The summed E-state index contributed by atoms with van der Waals surface area (Å²) in [6, 6.07) is 8.33. The first-order chi connectivity index (χ1) is 15.8. The van der Waals surface area contributed by atoms with E-state index in [0.29, 0.717) is 28.8 Å². The second-order valence-electron chi connectivity index (χ2n) is 9.75. The number of carbonyl (C=O) groups excluding carboxylic acids is 2. The Morgan fingerprint density at radius 1 is 1.30 bits per heavy atom. The van der Waals surface area contributed by atoms with E-state index in [-0.39, 0.29) is 24.0 Å². The number of hydrogen-bond donors (Lipinski definition) is 3. The third kappa shape index (κ3) is 4.09. The van der Waals surface area contributed by atoms with Crippen molar-refractivity contribution in [1.82, 2.24) is 20.0 Å². The number of rotatable bonds is 6. The van der Waals surface area contributed by atoms with Gasteiger partial charge in [0.2, 0.25) is 0 Å². The molecular weight excluding hydrogens is 418 g/mol. The number of amides is 1. The third-order valence-corrected chi connectivity index (χ3v) is 7.32. The zero-order valence-corrected chi connectivity index (χ0v) is 19.4. The summed E-state index contributed by atoms with van der Waals surface area (Å²) in [6.07, 6.45) is 6.00. The molecule has 2 aromatic rings. The lowest BCUT2D eigenvalue weighted by Gasteiger charge is -2.58. The quantitative estimate of drug-likeness (QED) is 0.458. The molecule has 1 spiro atoms. The van der Waals surface area contributed by atoms with Gasteiger partial charge in [0.25, 0.3) is 5.91 Å². The number of nitrogens with zero attached hydrogens (tertiary/aromatic N) is 3. The summed E-state index contributed by atoms with van der Waals surface area (Å²) < 4.78 is 1.87. The van der Waals surface area contributed by atoms with E-state index < -0.39 is 0 Å². The molecule has 1 aromatic heterocycles. The molecule has 3 fully saturated rings. The van der Waals surface area contributed by atoms with Crippen molar-refractivity contribution in [2.75, 3.05) is 39.5 Å². The average molecular weight is 452 g/mol. The predicted molar refractivity (Wildman–Crippen MR) is 128 cm³/mol. The first-order valence-corrected chi connectivity index (χ1v) is 11.4. The van der Waals surface area contributed by atoms with Gasteiger partial charge in [-0.2, -0.15) is 5.10 Å². The van der Waals surface area contributed by atoms with Crippen molar-refractivity contribution >= 4 is 18.0 Å². The number of aromatic nitrogens is 2. The Labute approximate surface area is 194 Å². The Hall–Kier alpha value is -2.97. The van der Waals surface area contributed by atoms with Crippen LogP contribution < -0.4 is 11.1 Å². The number of nitrogens with two attached hydrogens (primary N) is 1. The van der Waals surface area contributed by atoms with E-state index in [4.69, 9.17) is 15.6 Å². The first kappa shape index (κ1) is 23.2. The summed E-state index contributed by atoms with van der Waals surface area (Å²) in [5.41, 5.74) is 9.88. The van der Waals surface area contributed by atoms with Gasteiger partial charge in [0.1, 0.15) is 23.4 Å². The lowest BCUT2D eigenvalue weighted by atomic mass is 9.61. The van der Waals surface area contributed by atoms with Gasteiger partial charge in [-0.1, -0.05) is 30.8 Å². The van der Waals surface area contributed by atoms with Crippen LogP contribution in [0.4, 0.5) is 5.82 Å². The van der Waals surface area contributed by atoms with Crippen molar-refractivity contribution < 1.29 is 14.7 Å². The number of aliphatic hydroxyl groups excluding tert-OH is 1. The lowest BCUT2D eigenvalue weighted by Crippen LogP contribution is -2.60. The van der Waals surface area contributed by atoms with E-state index in [1.807, 2.05) is 28.9 Å². The normalized spacial score (nSPS) is 20.1. The van der Waals surface area contributed by atoms with E-state index in [2.05, 4.69) is 23.8 Å². The van der Waals surface area contributed by atoms with Gasteiger partial charge < -0.3 is 21.1 Å². The number of hydrogen-bond acceptors (Lipinski definition) is 6. The van der Waals surface area contributed by atoms with Crippen LogP contribution in [-0.4, -0.2) is 65.8 Å². The minimum absolute atomic E-state index is 0.0727. The van der Waals surface area contributed by atoms with Gasteiger partial charge in [0, 0.05) is 31.1 Å². The fraction of sp³-hybridized carbons (Fsp3) is 0.480. The maximum absolute atomic E-state index is 12.6. The largest absolute Gasteiger partial charge is 0.395 e. The highest BCUT2D eigenvalue weighted by atomic mass is 16.3. The molecule has 33 heavy (non-hydrogen) atoms. The fourth-order valence-electron chi connectivity index (χ4n) is 5.42. The summed E-state index contributed by atoms with van der Waals surface area (Å²) in [5, 5.41) is 17.2. The molecule has 8 nitrogen and oxygen atoms in total. The number of aliphatic hydroxyl groups is 1. The summed E-state index contributed by atoms with van der Waals surface area (Å²) in [4.78, 5) is 24.0. The molecule has 5 rings (SSSR count). The minimum Gasteiger partial charge on any atom is -0.395 e. The van der Waals surface area contributed by atoms with Gasteiger partial charge in [0.05, 0.1) is 12.6 Å². The van der Waals surface area contributed by atoms with Crippen molar-refractivity contribution in [1.29, 1.82) is 0 Å². The molecule has 4 N–H and O–H groups in total. The SMILES string of the molecule is C=CC=O.CNC(=O)c1c(-c2ccc(C3(CO)CC3)cc2)nn(C2CC3(C2)CN(C)C3)c1N. The van der Waals surface area contributed by atoms with Gasteiger partial charge in [-0.25, -0.2) is 4.68 Å². The average Bonchev–Trinajstić information content (AvgIpc) is 3.52. The lowest BCUT2D eigenvalue weighted by molar-refractivity contribution is -0.104. The van der Waals surface area contributed by atoms with Crippen LogP contribution in [0.15, 0.2) is 36.9 Å². The number of likely N-dealkylation sites (tertiary alicyclic amines) is 1. The highest BCUT2D eigenvalue weighted by molar-refractivity contribution is 6.04. The van der Waals surface area contributed by atoms with E-state index in [0.717, 1.165) is 49.9 Å². The zero-order valence-electron chi connectivity index (χ0n) is 19.4. The van der Waals surface area contributed by atoms with Crippen LogP contribution in [0.5, 0.6) is 0 Å². The smallest absolute Gasteiger partial charge is 0.257 e. The van der Waals surface area contributed by atoms with Crippen molar-refractivity contribution in [2.24, 2.45) is 5.41 Å². The Kier molecular flexibility index (Phi) is 6.16. The number of nitrogens with one attached hydrogen (secondary N) is 1. The number of carbonyl (C=O) groups is 2. The van der Waals surface area contributed by atoms with Gasteiger partial charge in [-0.3, -0.25) is 9.59 Å². The molecule has 0 bridgehead atoms. The summed E-state index contributed by atoms with van der Waals surface area (Å²) in [7, 11) is 3.77. The van der Waals surface area contributed by atoms with Gasteiger partial charge in [0.15, 0.2) is 0 Å². The second kappa shape index (κ2) is 8.76. The minimum atomic E-state index is -0.209. The topological polar surface area (TPSA) is 113 Å². The Morgan fingerprint density at radius 3 is 2.36 bits per heavy atom. The second-order valence-corrected chi connectivity index (χ2v) is 9.75. The zero-order chi connectivity index (χ0) is 23.8. The summed E-state index contributed by atoms with van der Waals surface area (Å²) in [5.74, 6) is 0.240. The predicted octanol–water partition coefficient (Wildman–Crippen LogP) is 2.15. The van der Waals surface area contributed by atoms with Crippen LogP contribution in [0.25, 0.3) is 11.3 Å². The molecule has 1 saturated heterocycles. The van der Waals surface area contributed by atoms with Crippen LogP contribution in [0, 0.1) is 5.41 Å². The van der Waals surface area contributed by atoms with E-state index in [9.17, 15) is 9.90 Å². The molecular formula is C25H33N5O3. The third-order valence-electron chi connectivity index (χ3n) is 7.32. The van der Waals surface area contributed by atoms with Gasteiger partial charge in [-0.05, 0) is 49.8 Å². The first-order valence-electron chi connectivity index (χ1n) is 11.4. The number of aldehydes is 1. The highest BCUT2D eigenvalue weighted by Crippen LogP contribution is 2.54. The molecule has 8 heteroatoms.